The predicted molar refractivity (Wildman–Crippen MR) is 125 cm³/mol. The van der Waals surface area contributed by atoms with Crippen molar-refractivity contribution in [1.82, 2.24) is 25.1 Å². The van der Waals surface area contributed by atoms with Crippen molar-refractivity contribution >= 4 is 40.8 Å². The number of benzene rings is 1. The Kier molecular flexibility index (Phi) is 6.83. The summed E-state index contributed by atoms with van der Waals surface area (Å²) in [6, 6.07) is 6.26. The molecule has 0 spiro atoms. The summed E-state index contributed by atoms with van der Waals surface area (Å²) in [5.41, 5.74) is 1.59. The van der Waals surface area contributed by atoms with Crippen LogP contribution in [0, 0.1) is 0 Å². The zero-order valence-corrected chi connectivity index (χ0v) is 19.5. The topological polar surface area (TPSA) is 97.2 Å². The molecule has 1 aromatic carbocycles. The van der Waals surface area contributed by atoms with Crippen molar-refractivity contribution in [2.24, 2.45) is 0 Å². The minimum atomic E-state index is -4.59. The molecule has 13 heteroatoms. The number of allylic oxidation sites excluding steroid dienone is 1. The maximum atomic E-state index is 12.9. The Labute approximate surface area is 203 Å². The fraction of sp³-hybridized carbons (Fsp3) is 0.273. The Hall–Kier alpha value is -3.80. The van der Waals surface area contributed by atoms with Crippen LogP contribution in [0.15, 0.2) is 42.4 Å². The van der Waals surface area contributed by atoms with Gasteiger partial charge in [-0.25, -0.2) is 9.67 Å². The Morgan fingerprint density at radius 2 is 2.09 bits per heavy atom. The van der Waals surface area contributed by atoms with Gasteiger partial charge in [0.25, 0.3) is 5.95 Å². The molecule has 4 rings (SSSR count). The zero-order chi connectivity index (χ0) is 25.2. The number of aldehydes is 1. The minimum Gasteiger partial charge on any atom is -0.488 e. The van der Waals surface area contributed by atoms with E-state index in [-0.39, 0.29) is 22.5 Å². The molecule has 0 radical (unpaired) electrons. The fourth-order valence-corrected chi connectivity index (χ4v) is 3.57. The minimum absolute atomic E-state index is 0.0951. The highest BCUT2D eigenvalue weighted by Gasteiger charge is 2.34. The van der Waals surface area contributed by atoms with Crippen LogP contribution in [0.4, 0.5) is 30.4 Å². The van der Waals surface area contributed by atoms with E-state index in [0.717, 1.165) is 29.1 Å². The van der Waals surface area contributed by atoms with E-state index in [1.165, 1.54) is 6.20 Å². The largest absolute Gasteiger partial charge is 0.488 e. The van der Waals surface area contributed by atoms with E-state index < -0.39 is 11.9 Å². The van der Waals surface area contributed by atoms with Crippen molar-refractivity contribution in [2.75, 3.05) is 37.5 Å². The first-order valence-electron chi connectivity index (χ1n) is 10.5. The quantitative estimate of drug-likeness (QED) is 0.483. The highest BCUT2D eigenvalue weighted by Crippen LogP contribution is 2.33. The molecule has 2 N–H and O–H groups in total. The third-order valence-corrected chi connectivity index (χ3v) is 5.34. The van der Waals surface area contributed by atoms with Gasteiger partial charge in [0, 0.05) is 43.8 Å². The smallest absolute Gasteiger partial charge is 0.435 e. The lowest BCUT2D eigenvalue weighted by Crippen LogP contribution is -2.18. The molecule has 0 unspecified atom stereocenters. The molecule has 0 aliphatic carbocycles. The number of carbonyl (C=O) groups is 1. The van der Waals surface area contributed by atoms with Crippen molar-refractivity contribution in [1.29, 1.82) is 0 Å². The van der Waals surface area contributed by atoms with E-state index in [0.29, 0.717) is 36.4 Å². The fourth-order valence-electron chi connectivity index (χ4n) is 3.43. The van der Waals surface area contributed by atoms with Gasteiger partial charge in [-0.3, -0.25) is 4.79 Å². The van der Waals surface area contributed by atoms with Crippen LogP contribution in [0.25, 0.3) is 11.6 Å². The molecular formula is C22H21ClF3N7O2. The number of nitrogens with zero attached hydrogens (tertiary/aromatic N) is 5. The number of halogens is 4. The SMILES string of the molecule is CN(C)c1ccc(Nc2nc(-n3ccc(C(F)(F)F)n3)ncc2Cl)cc1C1=C(C=O)OCCCN1. The molecule has 184 valence electrons. The number of hydrogen-bond acceptors (Lipinski definition) is 8. The highest BCUT2D eigenvalue weighted by atomic mass is 35.5. The Balaban J connectivity index is 1.71. The van der Waals surface area contributed by atoms with Gasteiger partial charge in [0.1, 0.15) is 5.02 Å². The molecule has 0 saturated carbocycles. The van der Waals surface area contributed by atoms with Gasteiger partial charge >= 0.3 is 6.18 Å². The number of alkyl halides is 3. The highest BCUT2D eigenvalue weighted by molar-refractivity contribution is 6.32. The van der Waals surface area contributed by atoms with E-state index in [4.69, 9.17) is 16.3 Å². The van der Waals surface area contributed by atoms with Crippen molar-refractivity contribution in [2.45, 2.75) is 12.6 Å². The molecule has 9 nitrogen and oxygen atoms in total. The molecular weight excluding hydrogens is 487 g/mol. The van der Waals surface area contributed by atoms with Gasteiger partial charge in [0.05, 0.1) is 18.5 Å². The van der Waals surface area contributed by atoms with Gasteiger partial charge in [-0.05, 0) is 30.7 Å². The van der Waals surface area contributed by atoms with Crippen molar-refractivity contribution in [3.05, 3.63) is 58.7 Å². The van der Waals surface area contributed by atoms with Crippen LogP contribution in [0.3, 0.4) is 0 Å². The van der Waals surface area contributed by atoms with Crippen LogP contribution in [-0.2, 0) is 15.7 Å². The first-order valence-corrected chi connectivity index (χ1v) is 10.9. The first kappa shape index (κ1) is 24.3. The van der Waals surface area contributed by atoms with Gasteiger partial charge in [-0.15, -0.1) is 0 Å². The second-order valence-corrected chi connectivity index (χ2v) is 8.15. The van der Waals surface area contributed by atoms with E-state index in [1.807, 2.05) is 25.1 Å². The normalized spacial score (nSPS) is 14.1. The van der Waals surface area contributed by atoms with Crippen molar-refractivity contribution in [3.63, 3.8) is 0 Å². The molecule has 0 bridgehead atoms. The number of anilines is 3. The summed E-state index contributed by atoms with van der Waals surface area (Å²) in [5.74, 6) is 0.269. The molecule has 1 aliphatic heterocycles. The molecule has 0 fully saturated rings. The van der Waals surface area contributed by atoms with Crippen LogP contribution < -0.4 is 15.5 Å². The van der Waals surface area contributed by atoms with Gasteiger partial charge in [-0.1, -0.05) is 11.6 Å². The number of nitrogens with one attached hydrogen (secondary N) is 2. The lowest BCUT2D eigenvalue weighted by Gasteiger charge is -2.21. The molecule has 3 aromatic rings. The maximum absolute atomic E-state index is 12.9. The summed E-state index contributed by atoms with van der Waals surface area (Å²) in [6.45, 7) is 1.05. The van der Waals surface area contributed by atoms with Gasteiger partial charge in [0.15, 0.2) is 23.6 Å². The third kappa shape index (κ3) is 5.32. The summed E-state index contributed by atoms with van der Waals surface area (Å²) in [5, 5.41) is 9.97. The number of rotatable bonds is 6. The lowest BCUT2D eigenvalue weighted by atomic mass is 10.1. The summed E-state index contributed by atoms with van der Waals surface area (Å²) in [7, 11) is 3.75. The number of aromatic nitrogens is 4. The van der Waals surface area contributed by atoms with E-state index >= 15 is 0 Å². The summed E-state index contributed by atoms with van der Waals surface area (Å²) in [6.07, 6.45) is -0.804. The molecule has 3 heterocycles. The molecule has 2 aromatic heterocycles. The van der Waals surface area contributed by atoms with Crippen LogP contribution >= 0.6 is 11.6 Å². The second-order valence-electron chi connectivity index (χ2n) is 7.75. The number of carbonyl (C=O) groups excluding carboxylic acids is 1. The maximum Gasteiger partial charge on any atom is 0.435 e. The average molecular weight is 508 g/mol. The Morgan fingerprint density at radius 1 is 1.29 bits per heavy atom. The van der Waals surface area contributed by atoms with Gasteiger partial charge in [-0.2, -0.15) is 23.3 Å². The Morgan fingerprint density at radius 3 is 2.77 bits per heavy atom. The molecule has 1 aliphatic rings. The van der Waals surface area contributed by atoms with Crippen LogP contribution in [-0.4, -0.2) is 53.3 Å². The van der Waals surface area contributed by atoms with Gasteiger partial charge < -0.3 is 20.3 Å². The van der Waals surface area contributed by atoms with E-state index in [2.05, 4.69) is 25.7 Å². The van der Waals surface area contributed by atoms with E-state index in [9.17, 15) is 18.0 Å². The van der Waals surface area contributed by atoms with Crippen LogP contribution in [0.5, 0.6) is 0 Å². The second kappa shape index (κ2) is 9.82. The monoisotopic (exact) mass is 507 g/mol. The molecule has 0 amide bonds. The first-order chi connectivity index (χ1) is 16.7. The third-order valence-electron chi connectivity index (χ3n) is 5.06. The average Bonchev–Trinajstić information content (AvgIpc) is 3.20. The summed E-state index contributed by atoms with van der Waals surface area (Å²) in [4.78, 5) is 21.8. The van der Waals surface area contributed by atoms with E-state index in [1.54, 1.807) is 12.1 Å². The van der Waals surface area contributed by atoms with Gasteiger partial charge in [0.2, 0.25) is 0 Å². The number of hydrogen-bond donors (Lipinski definition) is 2. The summed E-state index contributed by atoms with van der Waals surface area (Å²) < 4.78 is 45.3. The molecule has 0 saturated heterocycles. The van der Waals surface area contributed by atoms with Crippen LogP contribution in [0.2, 0.25) is 5.02 Å². The standard InChI is InChI=1S/C22H21ClF3N7O2/c1-32(2)16-5-4-13(10-14(16)19-17(12-34)35-9-3-7-27-19)29-20-15(23)11-28-21(30-20)33-8-6-18(31-33)22(24,25)26/h4-6,8,10-12,27H,3,7,9H2,1-2H3,(H,28,29,30). The Bertz CT molecular complexity index is 1270. The molecule has 0 atom stereocenters. The molecule has 35 heavy (non-hydrogen) atoms. The van der Waals surface area contributed by atoms with Crippen LogP contribution in [0.1, 0.15) is 17.7 Å². The predicted octanol–water partition coefficient (Wildman–Crippen LogP) is 4.02. The lowest BCUT2D eigenvalue weighted by molar-refractivity contribution is -0.141. The number of ether oxygens (including phenoxy) is 1. The summed E-state index contributed by atoms with van der Waals surface area (Å²) >= 11 is 6.26. The van der Waals surface area contributed by atoms with Crippen molar-refractivity contribution in [3.8, 4) is 5.95 Å². The van der Waals surface area contributed by atoms with Crippen molar-refractivity contribution < 1.29 is 22.7 Å². The zero-order valence-electron chi connectivity index (χ0n) is 18.7.